The van der Waals surface area contributed by atoms with E-state index in [1.807, 2.05) is 17.5 Å². The third-order valence-corrected chi connectivity index (χ3v) is 5.15. The minimum atomic E-state index is -0.298. The number of benzene rings is 1. The maximum Gasteiger partial charge on any atom is 0.165 e. The van der Waals surface area contributed by atoms with Gasteiger partial charge in [-0.2, -0.15) is 0 Å². The molecule has 1 fully saturated rings. The van der Waals surface area contributed by atoms with Crippen LogP contribution >= 0.6 is 27.3 Å². The molecular weight excluding hydrogens is 341 g/mol. The van der Waals surface area contributed by atoms with Crippen molar-refractivity contribution in [2.45, 2.75) is 32.0 Å². The van der Waals surface area contributed by atoms with Crippen molar-refractivity contribution in [1.29, 1.82) is 0 Å². The molecule has 0 unspecified atom stereocenters. The summed E-state index contributed by atoms with van der Waals surface area (Å²) in [5, 5.41) is 5.38. The van der Waals surface area contributed by atoms with Gasteiger partial charge in [0.05, 0.1) is 4.88 Å². The van der Waals surface area contributed by atoms with Crippen LogP contribution in [0.25, 0.3) is 0 Å². The molecule has 1 saturated carbocycles. The van der Waals surface area contributed by atoms with Gasteiger partial charge < -0.3 is 10.1 Å². The van der Waals surface area contributed by atoms with Gasteiger partial charge in [0.2, 0.25) is 0 Å². The van der Waals surface area contributed by atoms with Crippen molar-refractivity contribution in [3.8, 4) is 5.75 Å². The van der Waals surface area contributed by atoms with Crippen molar-refractivity contribution >= 4 is 27.3 Å². The van der Waals surface area contributed by atoms with Gasteiger partial charge in [0.25, 0.3) is 0 Å². The molecule has 3 rings (SSSR count). The van der Waals surface area contributed by atoms with E-state index >= 15 is 0 Å². The molecule has 0 amide bonds. The quantitative estimate of drug-likeness (QED) is 0.824. The Morgan fingerprint density at radius 3 is 2.90 bits per heavy atom. The summed E-state index contributed by atoms with van der Waals surface area (Å²) in [6.07, 6.45) is 2.43. The highest BCUT2D eigenvalue weighted by Crippen LogP contribution is 2.28. The molecule has 1 aliphatic rings. The number of nitrogens with one attached hydrogen (secondary N) is 1. The Kier molecular flexibility index (Phi) is 4.38. The number of ether oxygens (including phenoxy) is 1. The van der Waals surface area contributed by atoms with Crippen LogP contribution in [0.2, 0.25) is 0 Å². The first-order chi connectivity index (χ1) is 9.74. The van der Waals surface area contributed by atoms with Crippen LogP contribution < -0.4 is 10.1 Å². The first kappa shape index (κ1) is 14.0. The van der Waals surface area contributed by atoms with Crippen molar-refractivity contribution in [1.82, 2.24) is 5.32 Å². The molecule has 0 aliphatic heterocycles. The zero-order valence-corrected chi connectivity index (χ0v) is 13.3. The monoisotopic (exact) mass is 355 g/mol. The summed E-state index contributed by atoms with van der Waals surface area (Å²) >= 11 is 5.06. The summed E-state index contributed by atoms with van der Waals surface area (Å²) < 4.78 is 20.7. The van der Waals surface area contributed by atoms with E-state index in [1.54, 1.807) is 17.4 Å². The molecule has 106 valence electrons. The van der Waals surface area contributed by atoms with Crippen molar-refractivity contribution in [3.63, 3.8) is 0 Å². The molecule has 5 heteroatoms. The van der Waals surface area contributed by atoms with E-state index < -0.39 is 0 Å². The minimum Gasteiger partial charge on any atom is -0.485 e. The third kappa shape index (κ3) is 3.40. The molecule has 0 radical (unpaired) electrons. The van der Waals surface area contributed by atoms with Gasteiger partial charge in [0.15, 0.2) is 11.6 Å². The predicted molar refractivity (Wildman–Crippen MR) is 82.6 cm³/mol. The summed E-state index contributed by atoms with van der Waals surface area (Å²) in [4.78, 5) is 1.06. The Morgan fingerprint density at radius 2 is 2.20 bits per heavy atom. The molecule has 0 saturated heterocycles. The lowest BCUT2D eigenvalue weighted by Gasteiger charge is -2.12. The first-order valence-corrected chi connectivity index (χ1v) is 8.27. The van der Waals surface area contributed by atoms with Gasteiger partial charge in [0.1, 0.15) is 6.61 Å². The zero-order valence-electron chi connectivity index (χ0n) is 10.9. The van der Waals surface area contributed by atoms with Gasteiger partial charge in [-0.05, 0) is 46.3 Å². The highest BCUT2D eigenvalue weighted by Gasteiger charge is 2.21. The smallest absolute Gasteiger partial charge is 0.165 e. The lowest BCUT2D eigenvalue weighted by molar-refractivity contribution is 0.288. The van der Waals surface area contributed by atoms with Gasteiger partial charge >= 0.3 is 0 Å². The maximum absolute atomic E-state index is 14.0. The summed E-state index contributed by atoms with van der Waals surface area (Å²) in [5.74, 6) is 0.0636. The second-order valence-electron chi connectivity index (χ2n) is 4.86. The van der Waals surface area contributed by atoms with Crippen LogP contribution in [-0.2, 0) is 13.2 Å². The second-order valence-corrected chi connectivity index (χ2v) is 6.72. The van der Waals surface area contributed by atoms with E-state index in [0.29, 0.717) is 24.9 Å². The second kappa shape index (κ2) is 6.24. The molecule has 20 heavy (non-hydrogen) atoms. The van der Waals surface area contributed by atoms with Crippen LogP contribution in [0.15, 0.2) is 34.1 Å². The molecule has 1 aliphatic carbocycles. The van der Waals surface area contributed by atoms with E-state index in [-0.39, 0.29) is 5.82 Å². The number of hydrogen-bond donors (Lipinski definition) is 1. The molecule has 1 N–H and O–H groups in total. The molecule has 0 bridgehead atoms. The molecular formula is C15H15BrFNOS. The SMILES string of the molecule is Fc1cccc(CNC2CC2)c1OCc1sccc1Br. The van der Waals surface area contributed by atoms with Crippen molar-refractivity contribution in [2.24, 2.45) is 0 Å². The largest absolute Gasteiger partial charge is 0.485 e. The standard InChI is InChI=1S/C15H15BrFNOS/c16-12-6-7-20-14(12)9-19-15-10(2-1-3-13(15)17)8-18-11-4-5-11/h1-3,6-7,11,18H,4-5,8-9H2. The molecule has 1 heterocycles. The fraction of sp³-hybridized carbons (Fsp3) is 0.333. The van der Waals surface area contributed by atoms with Crippen LogP contribution in [-0.4, -0.2) is 6.04 Å². The summed E-state index contributed by atoms with van der Waals surface area (Å²) in [7, 11) is 0. The van der Waals surface area contributed by atoms with Crippen LogP contribution in [0, 0.1) is 5.82 Å². The fourth-order valence-electron chi connectivity index (χ4n) is 1.96. The number of thiophene rings is 1. The van der Waals surface area contributed by atoms with Crippen molar-refractivity contribution < 1.29 is 9.13 Å². The molecule has 1 aromatic heterocycles. The Morgan fingerprint density at radius 1 is 1.35 bits per heavy atom. The molecule has 2 nitrogen and oxygen atoms in total. The van der Waals surface area contributed by atoms with E-state index in [2.05, 4.69) is 21.2 Å². The topological polar surface area (TPSA) is 21.3 Å². The first-order valence-electron chi connectivity index (χ1n) is 6.59. The van der Waals surface area contributed by atoms with E-state index in [1.165, 1.54) is 18.9 Å². The van der Waals surface area contributed by atoms with E-state index in [4.69, 9.17) is 4.74 Å². The Balaban J connectivity index is 1.71. The van der Waals surface area contributed by atoms with Gasteiger partial charge in [-0.25, -0.2) is 4.39 Å². The number of halogens is 2. The molecule has 0 atom stereocenters. The number of hydrogen-bond acceptors (Lipinski definition) is 3. The average molecular weight is 356 g/mol. The predicted octanol–water partition coefficient (Wildman–Crippen LogP) is 4.48. The third-order valence-electron chi connectivity index (χ3n) is 3.25. The zero-order chi connectivity index (χ0) is 13.9. The van der Waals surface area contributed by atoms with Crippen LogP contribution in [0.1, 0.15) is 23.3 Å². The fourth-order valence-corrected chi connectivity index (χ4v) is 3.34. The maximum atomic E-state index is 14.0. The summed E-state index contributed by atoms with van der Waals surface area (Å²) in [6, 6.07) is 7.65. The molecule has 1 aromatic carbocycles. The van der Waals surface area contributed by atoms with Crippen LogP contribution in [0.5, 0.6) is 5.75 Å². The summed E-state index contributed by atoms with van der Waals surface area (Å²) in [6.45, 7) is 1.04. The lowest BCUT2D eigenvalue weighted by Crippen LogP contribution is -2.16. The number of rotatable bonds is 6. The van der Waals surface area contributed by atoms with Gasteiger partial charge in [0, 0.05) is 22.6 Å². The minimum absolute atomic E-state index is 0.298. The van der Waals surface area contributed by atoms with Gasteiger partial charge in [-0.3, -0.25) is 0 Å². The Hall–Kier alpha value is -0.910. The van der Waals surface area contributed by atoms with Crippen molar-refractivity contribution in [2.75, 3.05) is 0 Å². The highest BCUT2D eigenvalue weighted by atomic mass is 79.9. The average Bonchev–Trinajstić information content (AvgIpc) is 3.18. The lowest BCUT2D eigenvalue weighted by atomic mass is 10.2. The van der Waals surface area contributed by atoms with E-state index in [9.17, 15) is 4.39 Å². The summed E-state index contributed by atoms with van der Waals surface area (Å²) in [5.41, 5.74) is 0.879. The normalized spacial score (nSPS) is 14.5. The molecule has 2 aromatic rings. The van der Waals surface area contributed by atoms with Crippen LogP contribution in [0.3, 0.4) is 0 Å². The highest BCUT2D eigenvalue weighted by molar-refractivity contribution is 9.10. The Labute approximate surface area is 130 Å². The van der Waals surface area contributed by atoms with E-state index in [0.717, 1.165) is 14.9 Å². The molecule has 0 spiro atoms. The van der Waals surface area contributed by atoms with Gasteiger partial charge in [-0.15, -0.1) is 11.3 Å². The number of para-hydroxylation sites is 1. The van der Waals surface area contributed by atoms with Gasteiger partial charge in [-0.1, -0.05) is 12.1 Å². The van der Waals surface area contributed by atoms with Crippen molar-refractivity contribution in [3.05, 3.63) is 50.4 Å². The van der Waals surface area contributed by atoms with Crippen LogP contribution in [0.4, 0.5) is 4.39 Å². The Bertz CT molecular complexity index is 597.